The summed E-state index contributed by atoms with van der Waals surface area (Å²) in [6.07, 6.45) is 6.39. The second-order valence-corrected chi connectivity index (χ2v) is 4.67. The third-order valence-electron chi connectivity index (χ3n) is 3.62. The van der Waals surface area contributed by atoms with E-state index in [-0.39, 0.29) is 6.47 Å². The lowest BCUT2D eigenvalue weighted by Gasteiger charge is -2.23. The Morgan fingerprint density at radius 3 is 3.05 bits per heavy atom. The van der Waals surface area contributed by atoms with Crippen LogP contribution in [0.15, 0.2) is 12.4 Å². The van der Waals surface area contributed by atoms with Crippen molar-refractivity contribution in [2.75, 3.05) is 13.1 Å². The highest BCUT2D eigenvalue weighted by Gasteiger charge is 2.41. The summed E-state index contributed by atoms with van der Waals surface area (Å²) in [7, 11) is 0. The highest BCUT2D eigenvalue weighted by molar-refractivity contribution is 5.80. The number of rotatable bonds is 3. The second-order valence-electron chi connectivity index (χ2n) is 4.67. The normalized spacial score (nSPS) is 24.8. The minimum atomic E-state index is -0.250. The van der Waals surface area contributed by atoms with Gasteiger partial charge in [0.15, 0.2) is 0 Å². The zero-order chi connectivity index (χ0) is 13.7. The van der Waals surface area contributed by atoms with E-state index in [0.29, 0.717) is 24.4 Å². The van der Waals surface area contributed by atoms with Crippen LogP contribution in [0, 0.1) is 0 Å². The Morgan fingerprint density at radius 2 is 2.37 bits per heavy atom. The van der Waals surface area contributed by atoms with Crippen LogP contribution in [-0.2, 0) is 16.0 Å². The number of hydrogen-bond acceptors (Lipinski definition) is 4. The Labute approximate surface area is 111 Å². The topological polar surface area (TPSA) is 98.3 Å². The molecule has 0 aromatic carbocycles. The number of H-pyrrole nitrogens is 1. The van der Waals surface area contributed by atoms with Gasteiger partial charge in [0.2, 0.25) is 5.91 Å². The Hall–Kier alpha value is -1.89. The number of nitrogens with one attached hydrogen (secondary N) is 2. The van der Waals surface area contributed by atoms with Gasteiger partial charge in [0, 0.05) is 31.2 Å². The average Bonchev–Trinajstić information content (AvgIpc) is 3.05. The number of carbonyl (C=O) groups is 2. The standard InChI is InChI=1S/C11H16N4O.CH2O2/c16-11-5-9-10(1-3-12-9)15(11)4-2-8-6-13-14-7-8;2-1-3/h6-7,9-10,12H,1-5H2,(H,13,14);1H,(H,2,3)/t9-,10-;/m1./s1. The molecular weight excluding hydrogens is 248 g/mol. The first-order chi connectivity index (χ1) is 9.26. The van der Waals surface area contributed by atoms with Crippen LogP contribution in [0.2, 0.25) is 0 Å². The molecule has 0 unspecified atom stereocenters. The summed E-state index contributed by atoms with van der Waals surface area (Å²) >= 11 is 0. The van der Waals surface area contributed by atoms with Gasteiger partial charge in [0.05, 0.1) is 6.20 Å². The largest absolute Gasteiger partial charge is 0.483 e. The number of aromatic nitrogens is 2. The molecule has 0 bridgehead atoms. The molecule has 2 saturated heterocycles. The van der Waals surface area contributed by atoms with Crippen LogP contribution in [-0.4, -0.2) is 57.8 Å². The minimum Gasteiger partial charge on any atom is -0.483 e. The van der Waals surface area contributed by atoms with Gasteiger partial charge in [-0.25, -0.2) is 0 Å². The fourth-order valence-electron chi connectivity index (χ4n) is 2.78. The summed E-state index contributed by atoms with van der Waals surface area (Å²) in [5.41, 5.74) is 1.17. The fraction of sp³-hybridized carbons (Fsp3) is 0.583. The predicted octanol–water partition coefficient (Wildman–Crippen LogP) is -0.384. The number of aromatic amines is 1. The van der Waals surface area contributed by atoms with Gasteiger partial charge in [-0.3, -0.25) is 14.7 Å². The van der Waals surface area contributed by atoms with Crippen molar-refractivity contribution in [3.05, 3.63) is 18.0 Å². The molecule has 2 aliphatic heterocycles. The average molecular weight is 266 g/mol. The summed E-state index contributed by atoms with van der Waals surface area (Å²) in [5.74, 6) is 0.297. The number of carbonyl (C=O) groups excluding carboxylic acids is 1. The van der Waals surface area contributed by atoms with E-state index in [0.717, 1.165) is 25.9 Å². The third kappa shape index (κ3) is 3.11. The zero-order valence-electron chi connectivity index (χ0n) is 10.6. The first-order valence-electron chi connectivity index (χ1n) is 6.34. The van der Waals surface area contributed by atoms with Gasteiger partial charge in [0.25, 0.3) is 6.47 Å². The molecule has 2 atom stereocenters. The van der Waals surface area contributed by atoms with Gasteiger partial charge in [-0.15, -0.1) is 0 Å². The molecular formula is C12H18N4O3. The van der Waals surface area contributed by atoms with Gasteiger partial charge in [-0.1, -0.05) is 0 Å². The molecule has 0 spiro atoms. The molecule has 1 aromatic rings. The molecule has 1 amide bonds. The van der Waals surface area contributed by atoms with E-state index in [4.69, 9.17) is 9.90 Å². The van der Waals surface area contributed by atoms with Crippen molar-refractivity contribution in [1.82, 2.24) is 20.4 Å². The van der Waals surface area contributed by atoms with Crippen LogP contribution in [0.3, 0.4) is 0 Å². The number of fused-ring (bicyclic) bond motifs is 1. The summed E-state index contributed by atoms with van der Waals surface area (Å²) < 4.78 is 0. The maximum absolute atomic E-state index is 11.8. The monoisotopic (exact) mass is 266 g/mol. The van der Waals surface area contributed by atoms with Crippen LogP contribution < -0.4 is 5.32 Å². The lowest BCUT2D eigenvalue weighted by atomic mass is 10.1. The van der Waals surface area contributed by atoms with Gasteiger partial charge < -0.3 is 15.3 Å². The SMILES string of the molecule is O=C1C[C@H]2NCC[C@H]2N1CCc1cn[nH]c1.O=CO. The van der Waals surface area contributed by atoms with Crippen LogP contribution in [0.5, 0.6) is 0 Å². The third-order valence-corrected chi connectivity index (χ3v) is 3.62. The summed E-state index contributed by atoms with van der Waals surface area (Å²) in [6, 6.07) is 0.830. The number of hydrogen-bond donors (Lipinski definition) is 3. The molecule has 19 heavy (non-hydrogen) atoms. The van der Waals surface area contributed by atoms with Crippen LogP contribution in [0.25, 0.3) is 0 Å². The Morgan fingerprint density at radius 1 is 1.58 bits per heavy atom. The lowest BCUT2D eigenvalue weighted by molar-refractivity contribution is -0.129. The van der Waals surface area contributed by atoms with Crippen molar-refractivity contribution in [3.8, 4) is 0 Å². The van der Waals surface area contributed by atoms with Crippen molar-refractivity contribution in [3.63, 3.8) is 0 Å². The van der Waals surface area contributed by atoms with E-state index in [2.05, 4.69) is 15.5 Å². The molecule has 0 radical (unpaired) electrons. The highest BCUT2D eigenvalue weighted by atomic mass is 16.3. The van der Waals surface area contributed by atoms with Crippen molar-refractivity contribution in [2.45, 2.75) is 31.3 Å². The van der Waals surface area contributed by atoms with Crippen molar-refractivity contribution >= 4 is 12.4 Å². The summed E-state index contributed by atoms with van der Waals surface area (Å²) in [5, 5.41) is 17.0. The first-order valence-corrected chi connectivity index (χ1v) is 6.34. The van der Waals surface area contributed by atoms with Crippen LogP contribution in [0.4, 0.5) is 0 Å². The van der Waals surface area contributed by atoms with Crippen molar-refractivity contribution < 1.29 is 14.7 Å². The van der Waals surface area contributed by atoms with Gasteiger partial charge >= 0.3 is 0 Å². The van der Waals surface area contributed by atoms with E-state index in [9.17, 15) is 4.79 Å². The quantitative estimate of drug-likeness (QED) is 0.648. The Bertz CT molecular complexity index is 421. The Kier molecular flexibility index (Phi) is 4.51. The molecule has 1 aromatic heterocycles. The summed E-state index contributed by atoms with van der Waals surface area (Å²) in [4.78, 5) is 22.2. The molecule has 3 rings (SSSR count). The van der Waals surface area contributed by atoms with Crippen LogP contribution in [0.1, 0.15) is 18.4 Å². The molecule has 104 valence electrons. The van der Waals surface area contributed by atoms with Crippen molar-refractivity contribution in [1.29, 1.82) is 0 Å². The number of carboxylic acid groups (broad SMARTS) is 1. The van der Waals surface area contributed by atoms with E-state index >= 15 is 0 Å². The fourth-order valence-corrected chi connectivity index (χ4v) is 2.78. The maximum Gasteiger partial charge on any atom is 0.290 e. The number of likely N-dealkylation sites (tertiary alicyclic amines) is 1. The second kappa shape index (κ2) is 6.33. The molecule has 3 N–H and O–H groups in total. The Balaban J connectivity index is 0.000000408. The molecule has 0 aliphatic carbocycles. The van der Waals surface area contributed by atoms with Gasteiger partial charge in [-0.2, -0.15) is 5.10 Å². The maximum atomic E-state index is 11.8. The zero-order valence-corrected chi connectivity index (χ0v) is 10.6. The minimum absolute atomic E-state index is 0.250. The van der Waals surface area contributed by atoms with Gasteiger partial charge in [0.1, 0.15) is 0 Å². The molecule has 7 nitrogen and oxygen atoms in total. The van der Waals surface area contributed by atoms with E-state index in [1.54, 1.807) is 0 Å². The van der Waals surface area contributed by atoms with Crippen LogP contribution >= 0.6 is 0 Å². The number of amides is 1. The molecule has 0 saturated carbocycles. The van der Waals surface area contributed by atoms with E-state index < -0.39 is 0 Å². The molecule has 3 heterocycles. The van der Waals surface area contributed by atoms with Crippen molar-refractivity contribution in [2.24, 2.45) is 0 Å². The molecule has 2 fully saturated rings. The predicted molar refractivity (Wildman–Crippen MR) is 67.5 cm³/mol. The highest BCUT2D eigenvalue weighted by Crippen LogP contribution is 2.26. The van der Waals surface area contributed by atoms with E-state index in [1.165, 1.54) is 5.56 Å². The molecule has 7 heteroatoms. The summed E-state index contributed by atoms with van der Waals surface area (Å²) in [6.45, 7) is 1.62. The van der Waals surface area contributed by atoms with E-state index in [1.807, 2.05) is 17.3 Å². The smallest absolute Gasteiger partial charge is 0.290 e. The van der Waals surface area contributed by atoms with Gasteiger partial charge in [-0.05, 0) is 24.9 Å². The lowest BCUT2D eigenvalue weighted by Crippen LogP contribution is -2.37. The molecule has 2 aliphatic rings. The first kappa shape index (κ1) is 13.5. The number of nitrogens with zero attached hydrogens (tertiary/aromatic N) is 2.